The minimum Gasteiger partial charge on any atom is -0.376 e. The Labute approximate surface area is 181 Å². The summed E-state index contributed by atoms with van der Waals surface area (Å²) >= 11 is 0. The number of hydrogen-bond acceptors (Lipinski definition) is 3. The van der Waals surface area contributed by atoms with E-state index in [1.807, 2.05) is 60.7 Å². The van der Waals surface area contributed by atoms with Crippen LogP contribution in [0.5, 0.6) is 5.75 Å². The van der Waals surface area contributed by atoms with Gasteiger partial charge in [0.1, 0.15) is 5.75 Å². The van der Waals surface area contributed by atoms with Gasteiger partial charge in [-0.05, 0) is 55.6 Å². The molecule has 0 radical (unpaired) electrons. The fourth-order valence-electron chi connectivity index (χ4n) is 4.09. The van der Waals surface area contributed by atoms with Gasteiger partial charge in [0.25, 0.3) is 0 Å². The Bertz CT molecular complexity index is 1560. The first-order valence-corrected chi connectivity index (χ1v) is 11.1. The molecular weight excluding hydrogens is 437 g/mol. The molecule has 3 nitrogen and oxygen atoms in total. The first-order chi connectivity index (χ1) is 15.3. The lowest BCUT2D eigenvalue weighted by Crippen LogP contribution is -2.28. The summed E-state index contributed by atoms with van der Waals surface area (Å²) in [7, 11) is -5.76. The van der Waals surface area contributed by atoms with E-state index >= 15 is 0 Å². The van der Waals surface area contributed by atoms with Gasteiger partial charge in [0.15, 0.2) is 0 Å². The van der Waals surface area contributed by atoms with Gasteiger partial charge in [-0.25, -0.2) is 0 Å². The van der Waals surface area contributed by atoms with Gasteiger partial charge >= 0.3 is 15.6 Å². The first kappa shape index (κ1) is 20.3. The third-order valence-corrected chi connectivity index (χ3v) is 6.38. The lowest BCUT2D eigenvalue weighted by Gasteiger charge is -2.15. The van der Waals surface area contributed by atoms with Crippen LogP contribution in [0, 0.1) is 0 Å². The van der Waals surface area contributed by atoms with Crippen LogP contribution in [0.2, 0.25) is 0 Å². The number of rotatable bonds is 3. The van der Waals surface area contributed by atoms with Gasteiger partial charge in [-0.15, -0.1) is 0 Å². The predicted octanol–water partition coefficient (Wildman–Crippen LogP) is 7.04. The van der Waals surface area contributed by atoms with Crippen LogP contribution in [0.3, 0.4) is 0 Å². The molecule has 0 aliphatic heterocycles. The average molecular weight is 452 g/mol. The van der Waals surface area contributed by atoms with Crippen LogP contribution < -0.4 is 4.18 Å². The maximum absolute atomic E-state index is 12.8. The molecule has 5 aromatic rings. The molecule has 0 bridgehead atoms. The molecule has 0 amide bonds. The van der Waals surface area contributed by atoms with Crippen LogP contribution in [0.4, 0.5) is 13.2 Å². The van der Waals surface area contributed by atoms with E-state index in [0.717, 1.165) is 37.9 Å². The van der Waals surface area contributed by atoms with Crippen molar-refractivity contribution in [2.24, 2.45) is 0 Å². The Morgan fingerprint density at radius 3 is 1.72 bits per heavy atom. The topological polar surface area (TPSA) is 43.4 Å². The van der Waals surface area contributed by atoms with Crippen molar-refractivity contribution >= 4 is 42.4 Å². The summed E-state index contributed by atoms with van der Waals surface area (Å²) in [4.78, 5) is 0. The zero-order valence-electron chi connectivity index (χ0n) is 16.4. The summed E-state index contributed by atoms with van der Waals surface area (Å²) in [5.74, 6) is -0.401. The van der Waals surface area contributed by atoms with Gasteiger partial charge in [0.05, 0.1) is 0 Å². The first-order valence-electron chi connectivity index (χ1n) is 9.70. The van der Waals surface area contributed by atoms with Crippen molar-refractivity contribution in [2.45, 2.75) is 5.51 Å². The highest BCUT2D eigenvalue weighted by atomic mass is 32.2. The predicted molar refractivity (Wildman–Crippen MR) is 120 cm³/mol. The van der Waals surface area contributed by atoms with Crippen LogP contribution in [0.25, 0.3) is 43.4 Å². The van der Waals surface area contributed by atoms with Crippen LogP contribution >= 0.6 is 0 Å². The van der Waals surface area contributed by atoms with Gasteiger partial charge in [-0.2, -0.15) is 21.6 Å². The Morgan fingerprint density at radius 2 is 1.12 bits per heavy atom. The van der Waals surface area contributed by atoms with Crippen LogP contribution in [0.1, 0.15) is 0 Å². The van der Waals surface area contributed by atoms with Crippen LogP contribution in [-0.2, 0) is 10.1 Å². The molecule has 0 saturated heterocycles. The van der Waals surface area contributed by atoms with Gasteiger partial charge in [-0.1, -0.05) is 78.9 Å². The van der Waals surface area contributed by atoms with Crippen molar-refractivity contribution < 1.29 is 25.8 Å². The third-order valence-electron chi connectivity index (χ3n) is 5.40. The highest BCUT2D eigenvalue weighted by Gasteiger charge is 2.48. The highest BCUT2D eigenvalue weighted by Crippen LogP contribution is 2.40. The fraction of sp³-hybridized carbons (Fsp3) is 0.0400. The molecule has 5 aromatic carbocycles. The summed E-state index contributed by atoms with van der Waals surface area (Å²) < 4.78 is 65.5. The van der Waals surface area contributed by atoms with Gasteiger partial charge < -0.3 is 4.18 Å². The van der Waals surface area contributed by atoms with E-state index in [4.69, 9.17) is 0 Å². The Balaban J connectivity index is 1.78. The van der Waals surface area contributed by atoms with E-state index in [9.17, 15) is 21.6 Å². The molecule has 0 aromatic heterocycles. The van der Waals surface area contributed by atoms with E-state index in [2.05, 4.69) is 10.2 Å². The van der Waals surface area contributed by atoms with E-state index in [1.54, 1.807) is 6.07 Å². The van der Waals surface area contributed by atoms with Gasteiger partial charge in [0.2, 0.25) is 0 Å². The summed E-state index contributed by atoms with van der Waals surface area (Å²) in [6.07, 6.45) is 0. The number of fused-ring (bicyclic) bond motifs is 6. The number of hydrogen-bond donors (Lipinski definition) is 0. The quantitative estimate of drug-likeness (QED) is 0.167. The summed E-state index contributed by atoms with van der Waals surface area (Å²) in [6.45, 7) is 0. The monoisotopic (exact) mass is 452 g/mol. The minimum atomic E-state index is -5.76. The molecule has 0 fully saturated rings. The number of halogens is 3. The second-order valence-corrected chi connectivity index (χ2v) is 8.87. The molecule has 0 unspecified atom stereocenters. The summed E-state index contributed by atoms with van der Waals surface area (Å²) in [5.41, 5.74) is -4.19. The van der Waals surface area contributed by atoms with Crippen molar-refractivity contribution in [3.05, 3.63) is 91.0 Å². The largest absolute Gasteiger partial charge is 0.534 e. The SMILES string of the molecule is O=S(=O)(Oc1cccc(-c2cccc3c4ccccc4c4ccccc4c23)c1)C(F)(F)F. The van der Waals surface area contributed by atoms with E-state index in [-0.39, 0.29) is 0 Å². The molecule has 0 atom stereocenters. The molecular formula is C25H15F3O3S. The minimum absolute atomic E-state index is 0.401. The second-order valence-electron chi connectivity index (χ2n) is 7.33. The standard InChI is InChI=1S/C25H15F3O3S/c26-25(27,28)32(29,30)31-17-8-5-7-16(15-17)18-13-6-14-23-21-10-2-1-9-19(21)20-11-3-4-12-22(20)24(18)23/h1-15H. The molecule has 32 heavy (non-hydrogen) atoms. The van der Waals surface area contributed by atoms with Gasteiger partial charge in [0, 0.05) is 0 Å². The Morgan fingerprint density at radius 1 is 0.625 bits per heavy atom. The lowest BCUT2D eigenvalue weighted by molar-refractivity contribution is -0.0500. The van der Waals surface area contributed by atoms with E-state index < -0.39 is 21.4 Å². The zero-order valence-corrected chi connectivity index (χ0v) is 17.2. The number of alkyl halides is 3. The lowest BCUT2D eigenvalue weighted by atomic mass is 9.89. The normalized spacial score (nSPS) is 12.5. The van der Waals surface area contributed by atoms with Crippen molar-refractivity contribution in [1.29, 1.82) is 0 Å². The molecule has 7 heteroatoms. The maximum atomic E-state index is 12.8. The molecule has 0 aliphatic rings. The molecule has 0 spiro atoms. The van der Waals surface area contributed by atoms with Crippen molar-refractivity contribution in [3.63, 3.8) is 0 Å². The third kappa shape index (κ3) is 3.26. The summed E-state index contributed by atoms with van der Waals surface area (Å²) in [6, 6.07) is 27.4. The zero-order chi connectivity index (χ0) is 22.5. The highest BCUT2D eigenvalue weighted by molar-refractivity contribution is 7.88. The molecule has 0 heterocycles. The van der Waals surface area contributed by atoms with Crippen molar-refractivity contribution in [3.8, 4) is 16.9 Å². The smallest absolute Gasteiger partial charge is 0.376 e. The van der Waals surface area contributed by atoms with Crippen LogP contribution in [-0.4, -0.2) is 13.9 Å². The van der Waals surface area contributed by atoms with Crippen molar-refractivity contribution in [2.75, 3.05) is 0 Å². The fourth-order valence-corrected chi connectivity index (χ4v) is 4.54. The van der Waals surface area contributed by atoms with Crippen molar-refractivity contribution in [1.82, 2.24) is 0 Å². The molecule has 0 N–H and O–H groups in total. The van der Waals surface area contributed by atoms with Crippen LogP contribution in [0.15, 0.2) is 91.0 Å². The van der Waals surface area contributed by atoms with Gasteiger partial charge in [-0.3, -0.25) is 0 Å². The molecule has 0 saturated carbocycles. The second kappa shape index (κ2) is 7.24. The Hall–Kier alpha value is -3.58. The summed E-state index contributed by atoms with van der Waals surface area (Å²) in [5, 5.41) is 6.11. The van der Waals surface area contributed by atoms with E-state index in [0.29, 0.717) is 5.56 Å². The maximum Gasteiger partial charge on any atom is 0.534 e. The average Bonchev–Trinajstić information content (AvgIpc) is 2.78. The Kier molecular flexibility index (Phi) is 4.60. The van der Waals surface area contributed by atoms with E-state index in [1.165, 1.54) is 18.2 Å². The molecule has 5 rings (SSSR count). The number of benzene rings is 5. The molecule has 160 valence electrons. The molecule has 0 aliphatic carbocycles.